The number of hydrogen-bond donors (Lipinski definition) is 1. The fourth-order valence-electron chi connectivity index (χ4n) is 2.01. The van der Waals surface area contributed by atoms with Crippen molar-refractivity contribution in [2.24, 2.45) is 0 Å². The molecule has 0 aromatic heterocycles. The van der Waals surface area contributed by atoms with Crippen LogP contribution in [-0.2, 0) is 11.2 Å². The smallest absolute Gasteiger partial charge is 0.345 e. The van der Waals surface area contributed by atoms with Gasteiger partial charge in [-0.25, -0.2) is 4.79 Å². The second-order valence-electron chi connectivity index (χ2n) is 4.68. The number of benzene rings is 2. The van der Waals surface area contributed by atoms with Crippen LogP contribution in [-0.4, -0.2) is 31.4 Å². The van der Waals surface area contributed by atoms with Crippen molar-refractivity contribution in [1.29, 1.82) is 0 Å². The highest BCUT2D eigenvalue weighted by atomic mass is 16.5. The fourth-order valence-corrected chi connectivity index (χ4v) is 2.01. The van der Waals surface area contributed by atoms with Crippen molar-refractivity contribution < 1.29 is 24.1 Å². The highest BCUT2D eigenvalue weighted by Crippen LogP contribution is 2.20. The van der Waals surface area contributed by atoms with Crippen molar-refractivity contribution in [1.82, 2.24) is 0 Å². The van der Waals surface area contributed by atoms with E-state index in [9.17, 15) is 9.90 Å². The highest BCUT2D eigenvalue weighted by molar-refractivity contribution is 5.73. The maximum Gasteiger partial charge on any atom is 0.345 e. The molecule has 1 N–H and O–H groups in total. The van der Waals surface area contributed by atoms with E-state index >= 15 is 0 Å². The van der Waals surface area contributed by atoms with Gasteiger partial charge in [-0.2, -0.15) is 0 Å². The normalized spacial score (nSPS) is 11.5. The lowest BCUT2D eigenvalue weighted by molar-refractivity contribution is -0.145. The SMILES string of the molecule is COc1ccc(OC(Cc2cccc(OC)c2)C(=O)O)cc1. The zero-order valence-electron chi connectivity index (χ0n) is 12.5. The van der Waals surface area contributed by atoms with Crippen LogP contribution >= 0.6 is 0 Å². The van der Waals surface area contributed by atoms with E-state index in [1.165, 1.54) is 0 Å². The van der Waals surface area contributed by atoms with Gasteiger partial charge in [0.1, 0.15) is 17.2 Å². The molecule has 0 aliphatic carbocycles. The van der Waals surface area contributed by atoms with Gasteiger partial charge in [0.05, 0.1) is 14.2 Å². The summed E-state index contributed by atoms with van der Waals surface area (Å²) in [5.74, 6) is 0.841. The van der Waals surface area contributed by atoms with E-state index in [-0.39, 0.29) is 6.42 Å². The average Bonchev–Trinajstić information content (AvgIpc) is 2.55. The Morgan fingerprint density at radius 1 is 1.00 bits per heavy atom. The van der Waals surface area contributed by atoms with Gasteiger partial charge in [-0.05, 0) is 42.0 Å². The monoisotopic (exact) mass is 302 g/mol. The summed E-state index contributed by atoms with van der Waals surface area (Å²) in [5, 5.41) is 9.34. The summed E-state index contributed by atoms with van der Waals surface area (Å²) in [5.41, 5.74) is 0.834. The average molecular weight is 302 g/mol. The van der Waals surface area contributed by atoms with E-state index in [0.29, 0.717) is 17.2 Å². The number of carbonyl (C=O) groups is 1. The minimum absolute atomic E-state index is 0.249. The number of ether oxygens (including phenoxy) is 3. The molecule has 1 atom stereocenters. The van der Waals surface area contributed by atoms with Gasteiger partial charge in [-0.15, -0.1) is 0 Å². The van der Waals surface area contributed by atoms with Gasteiger partial charge in [0.15, 0.2) is 6.10 Å². The molecule has 0 amide bonds. The molecule has 0 radical (unpaired) electrons. The molecule has 5 nitrogen and oxygen atoms in total. The van der Waals surface area contributed by atoms with Crippen LogP contribution in [0.2, 0.25) is 0 Å². The minimum Gasteiger partial charge on any atom is -0.497 e. The Labute approximate surface area is 129 Å². The van der Waals surface area contributed by atoms with Crippen molar-refractivity contribution in [3.05, 3.63) is 54.1 Å². The van der Waals surface area contributed by atoms with Crippen molar-refractivity contribution in [2.45, 2.75) is 12.5 Å². The third-order valence-corrected chi connectivity index (χ3v) is 3.17. The fraction of sp³-hybridized carbons (Fsp3) is 0.235. The molecule has 5 heteroatoms. The Morgan fingerprint density at radius 2 is 1.64 bits per heavy atom. The maximum atomic E-state index is 11.4. The molecule has 0 spiro atoms. The van der Waals surface area contributed by atoms with Crippen molar-refractivity contribution in [3.8, 4) is 17.2 Å². The first-order chi connectivity index (χ1) is 10.6. The molecule has 116 valence electrons. The third-order valence-electron chi connectivity index (χ3n) is 3.17. The summed E-state index contributed by atoms with van der Waals surface area (Å²) in [6.45, 7) is 0. The summed E-state index contributed by atoms with van der Waals surface area (Å²) >= 11 is 0. The van der Waals surface area contributed by atoms with Crippen LogP contribution in [0.5, 0.6) is 17.2 Å². The molecule has 2 aromatic rings. The molecule has 0 aliphatic heterocycles. The van der Waals surface area contributed by atoms with E-state index in [2.05, 4.69) is 0 Å². The molecule has 22 heavy (non-hydrogen) atoms. The first kappa shape index (κ1) is 15.7. The number of hydrogen-bond acceptors (Lipinski definition) is 4. The van der Waals surface area contributed by atoms with Crippen molar-refractivity contribution in [3.63, 3.8) is 0 Å². The molecule has 0 saturated heterocycles. The van der Waals surface area contributed by atoms with Gasteiger partial charge in [0.25, 0.3) is 0 Å². The Kier molecular flexibility index (Phi) is 5.25. The number of rotatable bonds is 7. The highest BCUT2D eigenvalue weighted by Gasteiger charge is 2.20. The molecule has 1 unspecified atom stereocenters. The molecule has 2 aromatic carbocycles. The van der Waals surface area contributed by atoms with E-state index in [1.54, 1.807) is 44.6 Å². The van der Waals surface area contributed by atoms with E-state index in [0.717, 1.165) is 5.56 Å². The Bertz CT molecular complexity index is 621. The third kappa shape index (κ3) is 4.15. The molecular weight excluding hydrogens is 284 g/mol. The lowest BCUT2D eigenvalue weighted by Gasteiger charge is -2.16. The molecule has 0 bridgehead atoms. The van der Waals surface area contributed by atoms with Gasteiger partial charge in [0.2, 0.25) is 0 Å². The largest absolute Gasteiger partial charge is 0.497 e. The second kappa shape index (κ2) is 7.36. The summed E-state index contributed by atoms with van der Waals surface area (Å²) in [4.78, 5) is 11.4. The lowest BCUT2D eigenvalue weighted by atomic mass is 10.1. The number of methoxy groups -OCH3 is 2. The van der Waals surface area contributed by atoms with Crippen LogP contribution in [0.25, 0.3) is 0 Å². The molecule has 0 heterocycles. The predicted octanol–water partition coefficient (Wildman–Crippen LogP) is 2.78. The van der Waals surface area contributed by atoms with Crippen LogP contribution in [0.4, 0.5) is 0 Å². The molecule has 2 rings (SSSR count). The topological polar surface area (TPSA) is 65.0 Å². The number of carboxylic acids is 1. The molecule has 0 saturated carbocycles. The summed E-state index contributed by atoms with van der Waals surface area (Å²) in [7, 11) is 3.14. The quantitative estimate of drug-likeness (QED) is 0.852. The summed E-state index contributed by atoms with van der Waals surface area (Å²) < 4.78 is 15.8. The van der Waals surface area contributed by atoms with E-state index in [1.807, 2.05) is 18.2 Å². The molecule has 0 aliphatic rings. The standard InChI is InChI=1S/C17H18O5/c1-20-13-6-8-14(9-7-13)22-16(17(18)19)11-12-4-3-5-15(10-12)21-2/h3-10,16H,11H2,1-2H3,(H,18,19). The number of aliphatic carboxylic acids is 1. The summed E-state index contributed by atoms with van der Waals surface area (Å²) in [6.07, 6.45) is -0.723. The van der Waals surface area contributed by atoms with Crippen LogP contribution in [0.3, 0.4) is 0 Å². The summed E-state index contributed by atoms with van der Waals surface area (Å²) in [6, 6.07) is 14.1. The minimum atomic E-state index is -1.02. The number of carboxylic acid groups (broad SMARTS) is 1. The van der Waals surface area contributed by atoms with E-state index < -0.39 is 12.1 Å². The van der Waals surface area contributed by atoms with Gasteiger partial charge in [-0.1, -0.05) is 12.1 Å². The van der Waals surface area contributed by atoms with E-state index in [4.69, 9.17) is 14.2 Å². The maximum absolute atomic E-state index is 11.4. The van der Waals surface area contributed by atoms with Crippen molar-refractivity contribution in [2.75, 3.05) is 14.2 Å². The Morgan fingerprint density at radius 3 is 2.23 bits per heavy atom. The second-order valence-corrected chi connectivity index (χ2v) is 4.68. The Balaban J connectivity index is 2.10. The van der Waals surface area contributed by atoms with Crippen LogP contribution in [0.1, 0.15) is 5.56 Å². The lowest BCUT2D eigenvalue weighted by Crippen LogP contribution is -2.29. The molecular formula is C17H18O5. The van der Waals surface area contributed by atoms with Gasteiger partial charge >= 0.3 is 5.97 Å². The zero-order valence-corrected chi connectivity index (χ0v) is 12.5. The van der Waals surface area contributed by atoms with Crippen LogP contribution in [0.15, 0.2) is 48.5 Å². The van der Waals surface area contributed by atoms with Gasteiger partial charge < -0.3 is 19.3 Å². The Hall–Kier alpha value is -2.69. The van der Waals surface area contributed by atoms with Crippen molar-refractivity contribution >= 4 is 5.97 Å². The predicted molar refractivity (Wildman–Crippen MR) is 81.7 cm³/mol. The van der Waals surface area contributed by atoms with Gasteiger partial charge in [-0.3, -0.25) is 0 Å². The van der Waals surface area contributed by atoms with Crippen LogP contribution < -0.4 is 14.2 Å². The van der Waals surface area contributed by atoms with Crippen LogP contribution in [0, 0.1) is 0 Å². The van der Waals surface area contributed by atoms with Gasteiger partial charge in [0, 0.05) is 6.42 Å². The first-order valence-corrected chi connectivity index (χ1v) is 6.79. The molecule has 0 fully saturated rings. The zero-order chi connectivity index (χ0) is 15.9. The first-order valence-electron chi connectivity index (χ1n) is 6.79.